The van der Waals surface area contributed by atoms with Crippen molar-refractivity contribution >= 4 is 20.2 Å². The first-order chi connectivity index (χ1) is 21.8. The van der Waals surface area contributed by atoms with Gasteiger partial charge in [-0.1, -0.05) is 0 Å². The Morgan fingerprint density at radius 2 is 1.02 bits per heavy atom. The minimum absolute atomic E-state index is 0.640. The number of rotatable bonds is 5. The molecule has 0 amide bonds. The van der Waals surface area contributed by atoms with E-state index in [1.54, 1.807) is 11.1 Å². The van der Waals surface area contributed by atoms with Crippen LogP contribution < -0.4 is 0 Å². The van der Waals surface area contributed by atoms with E-state index in [4.69, 9.17) is 0 Å². The third kappa shape index (κ3) is 4.62. The summed E-state index contributed by atoms with van der Waals surface area (Å²) in [6.07, 6.45) is 6.61. The third-order valence-corrected chi connectivity index (χ3v) is 33.3. The third-order valence-electron chi connectivity index (χ3n) is 11.4. The maximum atomic E-state index is 2.79. The first-order valence-corrected chi connectivity index (χ1v) is 30.7. The van der Waals surface area contributed by atoms with Gasteiger partial charge in [0.1, 0.15) is 0 Å². The number of hydrogen-bond donors (Lipinski definition) is 0. The summed E-state index contributed by atoms with van der Waals surface area (Å²) in [5, 5.41) is 3.68. The molecule has 1 heterocycles. The molecule has 1 saturated heterocycles. The average Bonchev–Trinajstić information content (AvgIpc) is 3.66. The molecule has 2 unspecified atom stereocenters. The van der Waals surface area contributed by atoms with Crippen molar-refractivity contribution in [1.29, 1.82) is 0 Å². The quantitative estimate of drug-likeness (QED) is 0.156. The fraction of sp³-hybridized carbons (Fsp3) is 0.209. The van der Waals surface area contributed by atoms with Crippen molar-refractivity contribution in [2.24, 2.45) is 0 Å². The van der Waals surface area contributed by atoms with E-state index in [-0.39, 0.29) is 0 Å². The van der Waals surface area contributed by atoms with Crippen LogP contribution in [-0.2, 0) is 26.4 Å². The van der Waals surface area contributed by atoms with Gasteiger partial charge in [-0.05, 0) is 0 Å². The van der Waals surface area contributed by atoms with E-state index in [0.29, 0.717) is 7.35 Å². The van der Waals surface area contributed by atoms with Crippen molar-refractivity contribution in [2.75, 3.05) is 0 Å². The van der Waals surface area contributed by atoms with E-state index in [9.17, 15) is 0 Å². The summed E-state index contributed by atoms with van der Waals surface area (Å²) in [5.41, 5.74) is 15.9. The summed E-state index contributed by atoms with van der Waals surface area (Å²) in [6.45, 7) is 7.11. The van der Waals surface area contributed by atoms with E-state index < -0.39 is 28.0 Å². The first-order valence-electron chi connectivity index (χ1n) is 16.6. The van der Waals surface area contributed by atoms with Crippen molar-refractivity contribution < 1.29 is 20.0 Å². The first kappa shape index (κ1) is 29.1. The van der Waals surface area contributed by atoms with Crippen molar-refractivity contribution in [3.8, 4) is 22.3 Å². The van der Waals surface area contributed by atoms with E-state index in [1.807, 2.05) is 10.4 Å². The number of fused-ring (bicyclic) bond motifs is 6. The molecule has 3 aliphatic rings. The Labute approximate surface area is 274 Å². The second-order valence-corrected chi connectivity index (χ2v) is 36.1. The number of benzene rings is 5. The van der Waals surface area contributed by atoms with Crippen molar-refractivity contribution in [2.45, 2.75) is 49.6 Å². The van der Waals surface area contributed by atoms with Gasteiger partial charge in [-0.15, -0.1) is 0 Å². The molecule has 1 fully saturated rings. The molecule has 45 heavy (non-hydrogen) atoms. The van der Waals surface area contributed by atoms with Gasteiger partial charge in [-0.2, -0.15) is 0 Å². The molecule has 0 spiro atoms. The van der Waals surface area contributed by atoms with Gasteiger partial charge in [0.05, 0.1) is 0 Å². The van der Waals surface area contributed by atoms with Crippen LogP contribution in [0.2, 0.25) is 22.0 Å². The Balaban J connectivity index is 1.33. The molecule has 0 N–H and O–H groups in total. The summed E-state index contributed by atoms with van der Waals surface area (Å²) in [7, 11) is -2.05. The zero-order valence-electron chi connectivity index (χ0n) is 27.2. The summed E-state index contributed by atoms with van der Waals surface area (Å²) >= 11 is -3.10. The van der Waals surface area contributed by atoms with E-state index in [1.165, 1.54) is 56.1 Å². The van der Waals surface area contributed by atoms with Crippen LogP contribution >= 0.6 is 0 Å². The fourth-order valence-corrected chi connectivity index (χ4v) is 41.3. The Bertz CT molecular complexity index is 1870. The molecular weight excluding hydrogens is 723 g/mol. The van der Waals surface area contributed by atoms with E-state index in [0.717, 1.165) is 6.42 Å². The monoisotopic (exact) mass is 766 g/mol. The molecule has 0 saturated carbocycles. The van der Waals surface area contributed by atoms with E-state index >= 15 is 0 Å². The van der Waals surface area contributed by atoms with Gasteiger partial charge < -0.3 is 0 Å². The van der Waals surface area contributed by atoms with Gasteiger partial charge in [-0.3, -0.25) is 0 Å². The topological polar surface area (TPSA) is 0 Å². The second-order valence-electron chi connectivity index (χ2n) is 14.6. The summed E-state index contributed by atoms with van der Waals surface area (Å²) in [5.74, 6) is 0. The van der Waals surface area contributed by atoms with Crippen LogP contribution in [0.25, 0.3) is 34.4 Å². The molecule has 2 atom stereocenters. The predicted octanol–water partition coefficient (Wildman–Crippen LogP) is 11.9. The molecular formula is C43H42HfSi. The Kier molecular flexibility index (Phi) is 7.04. The molecule has 5 aromatic rings. The summed E-state index contributed by atoms with van der Waals surface area (Å²) in [6, 6.07) is 45.3. The average molecular weight is 765 g/mol. The van der Waals surface area contributed by atoms with Gasteiger partial charge in [0.2, 0.25) is 0 Å². The summed E-state index contributed by atoms with van der Waals surface area (Å²) in [4.78, 5) is 0. The molecule has 8 rings (SSSR count). The Morgan fingerprint density at radius 3 is 1.49 bits per heavy atom. The number of aryl methyl sites for hydroxylation is 3. The predicted molar refractivity (Wildman–Crippen MR) is 193 cm³/mol. The van der Waals surface area contributed by atoms with Crippen LogP contribution in [0.5, 0.6) is 0 Å². The second kappa shape index (κ2) is 10.9. The zero-order valence-corrected chi connectivity index (χ0v) is 31.8. The Hall–Kier alpha value is -3.33. The molecule has 222 valence electrons. The van der Waals surface area contributed by atoms with Crippen LogP contribution in [0.4, 0.5) is 0 Å². The SMILES string of the molecule is Cc1ccc(-c2cccc3c2C=C2[CH]3[Hf]([CH3])([CH3])[CH]3C(=Cc4c(-c5ccc(C)cc5)cccc43)[Si]2(C)CCc2ccccc2)cc1. The van der Waals surface area contributed by atoms with Crippen LogP contribution in [0.1, 0.15) is 46.3 Å². The van der Waals surface area contributed by atoms with Crippen LogP contribution in [0, 0.1) is 13.8 Å². The molecule has 2 heteroatoms. The molecule has 0 radical (unpaired) electrons. The molecule has 0 aromatic heterocycles. The number of allylic oxidation sites excluding steroid dienone is 2. The van der Waals surface area contributed by atoms with Crippen molar-refractivity contribution in [1.82, 2.24) is 0 Å². The fourth-order valence-electron chi connectivity index (χ4n) is 8.99. The van der Waals surface area contributed by atoms with Crippen LogP contribution in [-0.4, -0.2) is 8.07 Å². The van der Waals surface area contributed by atoms with Crippen LogP contribution in [0.3, 0.4) is 0 Å². The van der Waals surface area contributed by atoms with E-state index in [2.05, 4.69) is 157 Å². The van der Waals surface area contributed by atoms with Gasteiger partial charge in [0.15, 0.2) is 0 Å². The molecule has 0 nitrogen and oxygen atoms in total. The zero-order chi connectivity index (χ0) is 30.9. The molecule has 0 bridgehead atoms. The van der Waals surface area contributed by atoms with Gasteiger partial charge in [0, 0.05) is 0 Å². The summed E-state index contributed by atoms with van der Waals surface area (Å²) < 4.78 is 6.86. The molecule has 5 aromatic carbocycles. The normalized spacial score (nSPS) is 22.2. The number of hydrogen-bond acceptors (Lipinski definition) is 0. The van der Waals surface area contributed by atoms with Gasteiger partial charge in [0.25, 0.3) is 0 Å². The standard InChI is InChI=1S/C41H36Si.2CH3.Hf/c1-29-15-19-32(20-16-29)38-13-7-11-34-25-36(27-40(34)38)42(3,24-23-31-9-5-4-6-10-31)37-26-35-12-8-14-39(41(35)28-37)33-21-17-30(2)18-22-33;;;/h4-22,25-28H,23-24H2,1-3H3;2*1H3;. The molecule has 1 aliphatic heterocycles. The Morgan fingerprint density at radius 1 is 0.556 bits per heavy atom. The van der Waals surface area contributed by atoms with Gasteiger partial charge in [-0.25, -0.2) is 0 Å². The maximum absolute atomic E-state index is 3.10. The minimum atomic E-state index is -3.10. The van der Waals surface area contributed by atoms with Crippen molar-refractivity contribution in [3.63, 3.8) is 0 Å². The van der Waals surface area contributed by atoms with Gasteiger partial charge >= 0.3 is 277 Å². The molecule has 2 aliphatic carbocycles. The van der Waals surface area contributed by atoms with Crippen LogP contribution in [0.15, 0.2) is 126 Å². The van der Waals surface area contributed by atoms with Crippen molar-refractivity contribution in [3.05, 3.63) is 165 Å².